The molecule has 5 nitrogen and oxygen atoms in total. The maximum atomic E-state index is 13.1. The quantitative estimate of drug-likeness (QED) is 0.481. The Labute approximate surface area is 188 Å². The number of piperidine rings is 3. The molecule has 6 rings (SSSR count). The van der Waals surface area contributed by atoms with Gasteiger partial charge in [0.15, 0.2) is 17.3 Å². The summed E-state index contributed by atoms with van der Waals surface area (Å²) < 4.78 is 11.2. The molecule has 3 aliphatic rings. The van der Waals surface area contributed by atoms with Crippen molar-refractivity contribution in [1.82, 2.24) is 4.90 Å². The van der Waals surface area contributed by atoms with Gasteiger partial charge < -0.3 is 14.1 Å². The van der Waals surface area contributed by atoms with Crippen LogP contribution < -0.4 is 0 Å². The number of para-hydroxylation sites is 1. The molecule has 3 aliphatic heterocycles. The summed E-state index contributed by atoms with van der Waals surface area (Å²) in [6, 6.07) is 15.7. The third-order valence-corrected chi connectivity index (χ3v) is 7.06. The molecule has 3 saturated heterocycles. The second kappa shape index (κ2) is 9.00. The standard InChI is InChI=1S/C27H29NO4/c1-31-17-22(29)13-19-5-2-3-7-23(19)24-8-4-6-20-15-26(32-27(20)24)25(30)14-21-16-28-11-9-18(21)10-12-28/h2-8,15,18,21H,9-14,16-17H2,1H3/t21-/m0/s1. The molecule has 32 heavy (non-hydrogen) atoms. The lowest BCUT2D eigenvalue weighted by Gasteiger charge is -2.44. The molecule has 0 radical (unpaired) electrons. The number of rotatable bonds is 8. The number of ketones is 2. The zero-order valence-corrected chi connectivity index (χ0v) is 18.5. The highest BCUT2D eigenvalue weighted by molar-refractivity contribution is 6.01. The predicted octanol–water partition coefficient (Wildman–Crippen LogP) is 4.77. The van der Waals surface area contributed by atoms with Crippen molar-refractivity contribution in [2.75, 3.05) is 33.4 Å². The van der Waals surface area contributed by atoms with E-state index < -0.39 is 0 Å². The maximum absolute atomic E-state index is 13.1. The smallest absolute Gasteiger partial charge is 0.198 e. The molecule has 0 spiro atoms. The molecular formula is C27H29NO4. The van der Waals surface area contributed by atoms with E-state index in [1.54, 1.807) is 0 Å². The molecule has 0 saturated carbocycles. The fraction of sp³-hybridized carbons (Fsp3) is 0.407. The average Bonchev–Trinajstić information content (AvgIpc) is 3.25. The number of carbonyl (C=O) groups is 2. The number of benzene rings is 2. The van der Waals surface area contributed by atoms with Gasteiger partial charge in [-0.05, 0) is 55.0 Å². The van der Waals surface area contributed by atoms with Crippen LogP contribution in [0.1, 0.15) is 35.4 Å². The van der Waals surface area contributed by atoms with E-state index in [9.17, 15) is 9.59 Å². The van der Waals surface area contributed by atoms with E-state index >= 15 is 0 Å². The van der Waals surface area contributed by atoms with Crippen molar-refractivity contribution in [3.63, 3.8) is 0 Å². The van der Waals surface area contributed by atoms with E-state index in [4.69, 9.17) is 9.15 Å². The van der Waals surface area contributed by atoms with Crippen LogP contribution in [0.25, 0.3) is 22.1 Å². The van der Waals surface area contributed by atoms with E-state index in [1.165, 1.54) is 33.0 Å². The molecule has 0 unspecified atom stereocenters. The van der Waals surface area contributed by atoms with Gasteiger partial charge in [0.1, 0.15) is 12.2 Å². The summed E-state index contributed by atoms with van der Waals surface area (Å²) >= 11 is 0. The Hall–Kier alpha value is -2.76. The van der Waals surface area contributed by atoms with E-state index in [2.05, 4.69) is 4.90 Å². The van der Waals surface area contributed by atoms with E-state index in [0.29, 0.717) is 36.0 Å². The lowest BCUT2D eigenvalue weighted by molar-refractivity contribution is -0.121. The first-order valence-corrected chi connectivity index (χ1v) is 11.5. The van der Waals surface area contributed by atoms with Gasteiger partial charge in [-0.25, -0.2) is 0 Å². The summed E-state index contributed by atoms with van der Waals surface area (Å²) in [5.74, 6) is 1.66. The van der Waals surface area contributed by atoms with Crippen LogP contribution in [0.2, 0.25) is 0 Å². The fourth-order valence-corrected chi connectivity index (χ4v) is 5.43. The van der Waals surface area contributed by atoms with E-state index in [-0.39, 0.29) is 18.2 Å². The molecular weight excluding hydrogens is 402 g/mol. The highest BCUT2D eigenvalue weighted by atomic mass is 16.5. The number of nitrogens with zero attached hydrogens (tertiary/aromatic N) is 1. The molecule has 5 heteroatoms. The van der Waals surface area contributed by atoms with Gasteiger partial charge in [0, 0.05) is 37.4 Å². The number of carbonyl (C=O) groups excluding carboxylic acids is 2. The first-order valence-electron chi connectivity index (χ1n) is 11.5. The Bertz CT molecular complexity index is 1140. The van der Waals surface area contributed by atoms with Crippen molar-refractivity contribution in [2.24, 2.45) is 11.8 Å². The van der Waals surface area contributed by atoms with Gasteiger partial charge >= 0.3 is 0 Å². The van der Waals surface area contributed by atoms with Gasteiger partial charge in [-0.1, -0.05) is 42.5 Å². The third kappa shape index (κ3) is 4.15. The van der Waals surface area contributed by atoms with Gasteiger partial charge in [0.2, 0.25) is 0 Å². The van der Waals surface area contributed by atoms with Crippen LogP contribution in [-0.2, 0) is 16.0 Å². The minimum Gasteiger partial charge on any atom is -0.452 e. The van der Waals surface area contributed by atoms with Crippen molar-refractivity contribution >= 4 is 22.5 Å². The summed E-state index contributed by atoms with van der Waals surface area (Å²) in [5, 5.41) is 0.915. The maximum Gasteiger partial charge on any atom is 0.198 e. The van der Waals surface area contributed by atoms with Gasteiger partial charge in [0.05, 0.1) is 0 Å². The Morgan fingerprint density at radius 3 is 2.59 bits per heavy atom. The topological polar surface area (TPSA) is 59.8 Å². The highest BCUT2D eigenvalue weighted by Gasteiger charge is 2.35. The van der Waals surface area contributed by atoms with Crippen LogP contribution in [-0.4, -0.2) is 49.8 Å². The minimum atomic E-state index is 0.0277. The van der Waals surface area contributed by atoms with E-state index in [1.807, 2.05) is 48.5 Å². The Balaban J connectivity index is 1.43. The van der Waals surface area contributed by atoms with Crippen LogP contribution >= 0.6 is 0 Å². The third-order valence-electron chi connectivity index (χ3n) is 7.06. The normalized spacial score (nSPS) is 22.3. The van der Waals surface area contributed by atoms with Crippen molar-refractivity contribution in [1.29, 1.82) is 0 Å². The van der Waals surface area contributed by atoms with Crippen LogP contribution in [0.5, 0.6) is 0 Å². The summed E-state index contributed by atoms with van der Waals surface area (Å²) in [4.78, 5) is 27.8. The highest BCUT2D eigenvalue weighted by Crippen LogP contribution is 2.37. The molecule has 3 fully saturated rings. The number of ether oxygens (including phenoxy) is 1. The number of hydrogen-bond donors (Lipinski definition) is 0. The number of fused-ring (bicyclic) bond motifs is 4. The molecule has 0 aliphatic carbocycles. The Morgan fingerprint density at radius 2 is 1.84 bits per heavy atom. The summed E-state index contributed by atoms with van der Waals surface area (Å²) in [5.41, 5.74) is 3.49. The largest absolute Gasteiger partial charge is 0.452 e. The van der Waals surface area contributed by atoms with Crippen molar-refractivity contribution < 1.29 is 18.7 Å². The monoisotopic (exact) mass is 431 g/mol. The summed E-state index contributed by atoms with van der Waals surface area (Å²) in [6.07, 6.45) is 3.27. The van der Waals surface area contributed by atoms with Gasteiger partial charge in [-0.15, -0.1) is 0 Å². The first-order chi connectivity index (χ1) is 15.6. The second-order valence-corrected chi connectivity index (χ2v) is 9.17. The van der Waals surface area contributed by atoms with Crippen molar-refractivity contribution in [3.8, 4) is 11.1 Å². The fourth-order valence-electron chi connectivity index (χ4n) is 5.43. The molecule has 4 heterocycles. The number of methoxy groups -OCH3 is 1. The SMILES string of the molecule is COCC(=O)Cc1ccccc1-c1cccc2cc(C(=O)C[C@H]3CN4CCC3CC4)oc12. The molecule has 1 aromatic heterocycles. The average molecular weight is 432 g/mol. The Kier molecular flexibility index (Phi) is 5.94. The van der Waals surface area contributed by atoms with Gasteiger partial charge in [0.25, 0.3) is 0 Å². The van der Waals surface area contributed by atoms with Crippen molar-refractivity contribution in [3.05, 3.63) is 59.9 Å². The molecule has 166 valence electrons. The summed E-state index contributed by atoms with van der Waals surface area (Å²) in [7, 11) is 1.53. The van der Waals surface area contributed by atoms with Crippen LogP contribution in [0.15, 0.2) is 52.9 Å². The molecule has 0 amide bonds. The number of hydrogen-bond acceptors (Lipinski definition) is 5. The molecule has 1 atom stereocenters. The molecule has 2 aromatic carbocycles. The van der Waals surface area contributed by atoms with Crippen LogP contribution in [0, 0.1) is 11.8 Å². The van der Waals surface area contributed by atoms with Crippen LogP contribution in [0.4, 0.5) is 0 Å². The zero-order valence-electron chi connectivity index (χ0n) is 18.5. The lowest BCUT2D eigenvalue weighted by Crippen LogP contribution is -2.47. The minimum absolute atomic E-state index is 0.0277. The van der Waals surface area contributed by atoms with E-state index in [0.717, 1.165) is 28.6 Å². The molecule has 3 aromatic rings. The molecule has 2 bridgehead atoms. The predicted molar refractivity (Wildman–Crippen MR) is 124 cm³/mol. The van der Waals surface area contributed by atoms with Crippen molar-refractivity contribution in [2.45, 2.75) is 25.7 Å². The second-order valence-electron chi connectivity index (χ2n) is 9.17. The zero-order chi connectivity index (χ0) is 22.1. The molecule has 0 N–H and O–H groups in total. The Morgan fingerprint density at radius 1 is 1.06 bits per heavy atom. The van der Waals surface area contributed by atoms with Crippen LogP contribution in [0.3, 0.4) is 0 Å². The number of Topliss-reactive ketones (excluding diaryl/α,β-unsaturated/α-hetero) is 2. The lowest BCUT2D eigenvalue weighted by atomic mass is 9.76. The van der Waals surface area contributed by atoms with Gasteiger partial charge in [-0.3, -0.25) is 9.59 Å². The number of furan rings is 1. The van der Waals surface area contributed by atoms with Gasteiger partial charge in [-0.2, -0.15) is 0 Å². The first kappa shape index (κ1) is 21.1. The summed E-state index contributed by atoms with van der Waals surface area (Å²) in [6.45, 7) is 3.48.